The maximum absolute atomic E-state index is 12.7. The Kier molecular flexibility index (Phi) is 7.88. The summed E-state index contributed by atoms with van der Waals surface area (Å²) in [4.78, 5) is 22.1. The molecule has 9 nitrogen and oxygen atoms in total. The first-order chi connectivity index (χ1) is 19.5. The number of carbonyl (C=O) groups excluding carboxylic acids is 1. The van der Waals surface area contributed by atoms with Crippen LogP contribution in [0.4, 0.5) is 5.82 Å². The first-order valence-corrected chi connectivity index (χ1v) is 12.8. The minimum absolute atomic E-state index is 0.173. The highest BCUT2D eigenvalue weighted by atomic mass is 16.5. The van der Waals surface area contributed by atoms with E-state index in [1.54, 1.807) is 41.1 Å². The molecule has 5 aromatic rings. The lowest BCUT2D eigenvalue weighted by molar-refractivity contribution is -0.118. The zero-order valence-corrected chi connectivity index (χ0v) is 22.2. The van der Waals surface area contributed by atoms with Crippen LogP contribution in [0.25, 0.3) is 22.5 Å². The molecule has 0 saturated heterocycles. The molecule has 0 spiro atoms. The van der Waals surface area contributed by atoms with Crippen LogP contribution in [0, 0.1) is 11.3 Å². The second-order valence-corrected chi connectivity index (χ2v) is 9.48. The van der Waals surface area contributed by atoms with E-state index in [2.05, 4.69) is 40.5 Å². The first kappa shape index (κ1) is 26.3. The number of anilines is 1. The SMILES string of the molecule is CC(C)c1cccc(Cn2cc(-c3cc(NC(=O)COc4ccccc4)nc(-c4cccc(C#N)c4)c3)nn2)n1. The summed E-state index contributed by atoms with van der Waals surface area (Å²) in [5.41, 5.74) is 5.05. The highest BCUT2D eigenvalue weighted by Crippen LogP contribution is 2.27. The van der Waals surface area contributed by atoms with Crippen molar-refractivity contribution in [1.82, 2.24) is 25.0 Å². The number of amides is 1. The Labute approximate surface area is 232 Å². The molecule has 0 fully saturated rings. The molecule has 2 aromatic carbocycles. The highest BCUT2D eigenvalue weighted by Gasteiger charge is 2.14. The molecule has 0 unspecified atom stereocenters. The second-order valence-electron chi connectivity index (χ2n) is 9.48. The van der Waals surface area contributed by atoms with Gasteiger partial charge >= 0.3 is 0 Å². The van der Waals surface area contributed by atoms with Gasteiger partial charge in [-0.15, -0.1) is 5.10 Å². The van der Waals surface area contributed by atoms with Gasteiger partial charge in [0.25, 0.3) is 5.91 Å². The summed E-state index contributed by atoms with van der Waals surface area (Å²) in [6.45, 7) is 4.51. The van der Waals surface area contributed by atoms with Crippen LogP contribution in [-0.4, -0.2) is 37.5 Å². The Morgan fingerprint density at radius 1 is 0.950 bits per heavy atom. The van der Waals surface area contributed by atoms with E-state index < -0.39 is 0 Å². The predicted octanol–water partition coefficient (Wildman–Crippen LogP) is 5.46. The van der Waals surface area contributed by atoms with Gasteiger partial charge in [0.1, 0.15) is 17.3 Å². The highest BCUT2D eigenvalue weighted by molar-refractivity contribution is 5.92. The van der Waals surface area contributed by atoms with Crippen LogP contribution in [0.3, 0.4) is 0 Å². The largest absolute Gasteiger partial charge is 0.484 e. The number of nitrogens with one attached hydrogen (secondary N) is 1. The van der Waals surface area contributed by atoms with Crippen LogP contribution in [0.2, 0.25) is 0 Å². The topological polar surface area (TPSA) is 119 Å². The Morgan fingerprint density at radius 3 is 2.58 bits per heavy atom. The first-order valence-electron chi connectivity index (χ1n) is 12.8. The summed E-state index contributed by atoms with van der Waals surface area (Å²) in [6, 6.07) is 28.0. The normalized spacial score (nSPS) is 10.8. The molecule has 9 heteroatoms. The van der Waals surface area contributed by atoms with Crippen LogP contribution in [0.1, 0.15) is 36.7 Å². The lowest BCUT2D eigenvalue weighted by Crippen LogP contribution is -2.21. The van der Waals surface area contributed by atoms with Crippen molar-refractivity contribution >= 4 is 11.7 Å². The zero-order chi connectivity index (χ0) is 27.9. The van der Waals surface area contributed by atoms with Crippen molar-refractivity contribution in [2.75, 3.05) is 11.9 Å². The average Bonchev–Trinajstić information content (AvgIpc) is 3.45. The van der Waals surface area contributed by atoms with Crippen molar-refractivity contribution in [3.05, 3.63) is 108 Å². The van der Waals surface area contributed by atoms with Gasteiger partial charge in [-0.3, -0.25) is 9.78 Å². The van der Waals surface area contributed by atoms with E-state index in [9.17, 15) is 10.1 Å². The fraction of sp³-hybridized carbons (Fsp3) is 0.161. The molecule has 0 radical (unpaired) electrons. The molecule has 5 rings (SSSR count). The lowest BCUT2D eigenvalue weighted by Gasteiger charge is -2.10. The number of hydrogen-bond donors (Lipinski definition) is 1. The number of nitriles is 1. The van der Waals surface area contributed by atoms with Crippen molar-refractivity contribution in [3.8, 4) is 34.3 Å². The molecule has 0 aliphatic rings. The van der Waals surface area contributed by atoms with Crippen LogP contribution >= 0.6 is 0 Å². The van der Waals surface area contributed by atoms with E-state index in [-0.39, 0.29) is 12.5 Å². The molecule has 1 N–H and O–H groups in total. The predicted molar refractivity (Wildman–Crippen MR) is 151 cm³/mol. The summed E-state index contributed by atoms with van der Waals surface area (Å²) in [5.74, 6) is 0.897. The molecule has 1 amide bonds. The van der Waals surface area contributed by atoms with Crippen LogP contribution < -0.4 is 10.1 Å². The number of nitrogens with zero attached hydrogens (tertiary/aromatic N) is 6. The average molecular weight is 530 g/mol. The van der Waals surface area contributed by atoms with Crippen molar-refractivity contribution in [2.45, 2.75) is 26.3 Å². The van der Waals surface area contributed by atoms with Gasteiger partial charge in [0, 0.05) is 16.8 Å². The van der Waals surface area contributed by atoms with Gasteiger partial charge < -0.3 is 10.1 Å². The van der Waals surface area contributed by atoms with Crippen LogP contribution in [-0.2, 0) is 11.3 Å². The number of para-hydroxylation sites is 1. The van der Waals surface area contributed by atoms with Crippen LogP contribution in [0.5, 0.6) is 5.75 Å². The second kappa shape index (κ2) is 12.0. The van der Waals surface area contributed by atoms with Crippen molar-refractivity contribution in [3.63, 3.8) is 0 Å². The van der Waals surface area contributed by atoms with Crippen molar-refractivity contribution < 1.29 is 9.53 Å². The van der Waals surface area contributed by atoms with E-state index in [1.807, 2.05) is 54.7 Å². The standard InChI is InChI=1S/C31H27N7O2/c1-21(2)27-13-7-10-25(33-27)18-38-19-29(36-37-38)24-15-28(23-9-6-8-22(14-23)17-32)34-30(16-24)35-31(39)20-40-26-11-4-3-5-12-26/h3-16,19,21H,18,20H2,1-2H3,(H,34,35,39). The summed E-state index contributed by atoms with van der Waals surface area (Å²) in [5, 5.41) is 20.9. The summed E-state index contributed by atoms with van der Waals surface area (Å²) in [6.07, 6.45) is 1.83. The minimum Gasteiger partial charge on any atom is -0.484 e. The number of ether oxygens (including phenoxy) is 1. The smallest absolute Gasteiger partial charge is 0.263 e. The van der Waals surface area contributed by atoms with E-state index in [0.29, 0.717) is 46.5 Å². The maximum Gasteiger partial charge on any atom is 0.263 e. The zero-order valence-electron chi connectivity index (χ0n) is 22.2. The molecular formula is C31H27N7O2. The monoisotopic (exact) mass is 529 g/mol. The lowest BCUT2D eigenvalue weighted by atomic mass is 10.1. The third-order valence-corrected chi connectivity index (χ3v) is 6.07. The third kappa shape index (κ3) is 6.55. The Hall–Kier alpha value is -5.36. The fourth-order valence-corrected chi connectivity index (χ4v) is 4.06. The minimum atomic E-state index is -0.356. The molecule has 0 bridgehead atoms. The fourth-order valence-electron chi connectivity index (χ4n) is 4.06. The van der Waals surface area contributed by atoms with Crippen LogP contribution in [0.15, 0.2) is 91.1 Å². The number of carbonyl (C=O) groups is 1. The Bertz CT molecular complexity index is 1670. The van der Waals surface area contributed by atoms with Gasteiger partial charge in [0.2, 0.25) is 0 Å². The summed E-state index contributed by atoms with van der Waals surface area (Å²) in [7, 11) is 0. The molecule has 3 aromatic heterocycles. The van der Waals surface area contributed by atoms with Gasteiger partial charge in [-0.05, 0) is 54.4 Å². The van der Waals surface area contributed by atoms with Gasteiger partial charge in [-0.2, -0.15) is 5.26 Å². The number of rotatable bonds is 9. The number of pyridine rings is 2. The molecule has 0 atom stereocenters. The maximum atomic E-state index is 12.7. The van der Waals surface area contributed by atoms with Gasteiger partial charge in [0.15, 0.2) is 6.61 Å². The molecule has 0 saturated carbocycles. The third-order valence-electron chi connectivity index (χ3n) is 6.07. The molecule has 40 heavy (non-hydrogen) atoms. The molecule has 0 aliphatic carbocycles. The quantitative estimate of drug-likeness (QED) is 0.269. The molecule has 0 aliphatic heterocycles. The van der Waals surface area contributed by atoms with E-state index in [4.69, 9.17) is 9.72 Å². The Balaban J connectivity index is 1.42. The summed E-state index contributed by atoms with van der Waals surface area (Å²) < 4.78 is 7.30. The van der Waals surface area contributed by atoms with E-state index in [0.717, 1.165) is 17.0 Å². The van der Waals surface area contributed by atoms with Crippen molar-refractivity contribution in [2.24, 2.45) is 0 Å². The molecule has 198 valence electrons. The number of hydrogen-bond acceptors (Lipinski definition) is 7. The van der Waals surface area contributed by atoms with Crippen molar-refractivity contribution in [1.29, 1.82) is 5.26 Å². The van der Waals surface area contributed by atoms with Gasteiger partial charge in [-0.25, -0.2) is 9.67 Å². The molecule has 3 heterocycles. The van der Waals surface area contributed by atoms with Gasteiger partial charge in [0.05, 0.1) is 35.8 Å². The Morgan fingerprint density at radius 2 is 1.77 bits per heavy atom. The molecular weight excluding hydrogens is 502 g/mol. The van der Waals surface area contributed by atoms with E-state index in [1.165, 1.54) is 0 Å². The number of benzene rings is 2. The summed E-state index contributed by atoms with van der Waals surface area (Å²) >= 11 is 0. The number of aromatic nitrogens is 5. The van der Waals surface area contributed by atoms with Gasteiger partial charge in [-0.1, -0.05) is 55.5 Å². The van der Waals surface area contributed by atoms with E-state index >= 15 is 0 Å².